The molecule has 0 spiro atoms. The fourth-order valence-corrected chi connectivity index (χ4v) is 2.90. The summed E-state index contributed by atoms with van der Waals surface area (Å²) in [5.41, 5.74) is 1.94. The predicted octanol–water partition coefficient (Wildman–Crippen LogP) is 2.94. The highest BCUT2D eigenvalue weighted by atomic mass is 19.1. The number of hydrogen-bond donors (Lipinski definition) is 1. The lowest BCUT2D eigenvalue weighted by atomic mass is 10.0. The van der Waals surface area contributed by atoms with Crippen molar-refractivity contribution in [3.05, 3.63) is 29.6 Å². The van der Waals surface area contributed by atoms with Gasteiger partial charge < -0.3 is 15.0 Å². The van der Waals surface area contributed by atoms with Crippen molar-refractivity contribution in [2.24, 2.45) is 0 Å². The second kappa shape index (κ2) is 6.10. The quantitative estimate of drug-likeness (QED) is 0.917. The summed E-state index contributed by atoms with van der Waals surface area (Å²) in [5, 5.41) is 3.28. The summed E-state index contributed by atoms with van der Waals surface area (Å²) in [5.74, 6) is -0.178. The maximum absolute atomic E-state index is 13.5. The van der Waals surface area contributed by atoms with E-state index >= 15 is 0 Å². The molecule has 0 aromatic heterocycles. The minimum absolute atomic E-state index is 0.177. The first-order valence-electron chi connectivity index (χ1n) is 7.33. The molecule has 0 amide bonds. The first-order valence-corrected chi connectivity index (χ1v) is 7.33. The van der Waals surface area contributed by atoms with E-state index in [1.807, 2.05) is 6.07 Å². The van der Waals surface area contributed by atoms with E-state index in [2.05, 4.69) is 37.9 Å². The van der Waals surface area contributed by atoms with Gasteiger partial charge in [0.2, 0.25) is 0 Å². The summed E-state index contributed by atoms with van der Waals surface area (Å²) in [7, 11) is 0. The number of hydrogen-bond acceptors (Lipinski definition) is 3. The van der Waals surface area contributed by atoms with Crippen LogP contribution >= 0.6 is 0 Å². The molecule has 1 aromatic rings. The van der Waals surface area contributed by atoms with Crippen LogP contribution in [0.1, 0.15) is 33.3 Å². The number of nitrogens with one attached hydrogen (secondary N) is 1. The lowest BCUT2D eigenvalue weighted by Crippen LogP contribution is -2.52. The highest BCUT2D eigenvalue weighted by molar-refractivity contribution is 5.54. The average molecular weight is 280 g/mol. The molecule has 1 fully saturated rings. The largest absolute Gasteiger partial charge is 0.369 e. The Morgan fingerprint density at radius 1 is 1.45 bits per heavy atom. The van der Waals surface area contributed by atoms with Crippen molar-refractivity contribution >= 4 is 5.69 Å². The van der Waals surface area contributed by atoms with Crippen LogP contribution in [-0.2, 0) is 11.3 Å². The molecule has 3 nitrogen and oxygen atoms in total. The smallest absolute Gasteiger partial charge is 0.123 e. The lowest BCUT2D eigenvalue weighted by molar-refractivity contribution is -0.0750. The molecular weight excluding hydrogens is 255 g/mol. The zero-order valence-corrected chi connectivity index (χ0v) is 12.9. The van der Waals surface area contributed by atoms with Crippen LogP contribution < -0.4 is 10.2 Å². The van der Waals surface area contributed by atoms with Gasteiger partial charge in [-0.3, -0.25) is 0 Å². The van der Waals surface area contributed by atoms with Gasteiger partial charge in [0, 0.05) is 25.3 Å². The molecule has 0 aliphatic carbocycles. The molecule has 0 radical (unpaired) electrons. The normalized spacial score (nSPS) is 22.1. The third kappa shape index (κ3) is 3.70. The number of halogens is 1. The van der Waals surface area contributed by atoms with Gasteiger partial charge in [0.05, 0.1) is 11.7 Å². The van der Waals surface area contributed by atoms with Crippen LogP contribution in [0.2, 0.25) is 0 Å². The fourth-order valence-electron chi connectivity index (χ4n) is 2.90. The molecule has 1 atom stereocenters. The molecule has 1 unspecified atom stereocenters. The standard InChI is InChI=1S/C16H25FN2O/c1-5-18-9-13-8-14(17)6-7-15(13)19-10-12(2)20-16(3,4)11-19/h6-8,12,18H,5,9-11H2,1-4H3. The number of rotatable bonds is 4. The maximum atomic E-state index is 13.5. The zero-order chi connectivity index (χ0) is 14.8. The van der Waals surface area contributed by atoms with Crippen molar-refractivity contribution in [3.63, 3.8) is 0 Å². The van der Waals surface area contributed by atoms with Crippen LogP contribution in [0.4, 0.5) is 10.1 Å². The average Bonchev–Trinajstić information content (AvgIpc) is 2.33. The first-order chi connectivity index (χ1) is 9.41. The van der Waals surface area contributed by atoms with Gasteiger partial charge >= 0.3 is 0 Å². The number of ether oxygens (including phenoxy) is 1. The molecule has 112 valence electrons. The van der Waals surface area contributed by atoms with E-state index in [1.54, 1.807) is 6.07 Å². The van der Waals surface area contributed by atoms with Gasteiger partial charge in [-0.05, 0) is 51.1 Å². The topological polar surface area (TPSA) is 24.5 Å². The first kappa shape index (κ1) is 15.3. The second-order valence-electron chi connectivity index (χ2n) is 6.12. The molecule has 0 bridgehead atoms. The number of benzene rings is 1. The van der Waals surface area contributed by atoms with Gasteiger partial charge in [-0.15, -0.1) is 0 Å². The van der Waals surface area contributed by atoms with Crippen LogP contribution in [0.15, 0.2) is 18.2 Å². The molecular formula is C16H25FN2O. The molecule has 1 aliphatic rings. The number of nitrogens with zero attached hydrogens (tertiary/aromatic N) is 1. The fraction of sp³-hybridized carbons (Fsp3) is 0.625. The van der Waals surface area contributed by atoms with E-state index in [1.165, 1.54) is 6.07 Å². The Kier molecular flexibility index (Phi) is 4.66. The SMILES string of the molecule is CCNCc1cc(F)ccc1N1CC(C)OC(C)(C)C1. The highest BCUT2D eigenvalue weighted by Gasteiger charge is 2.32. The van der Waals surface area contributed by atoms with Crippen molar-refractivity contribution in [1.29, 1.82) is 0 Å². The molecule has 20 heavy (non-hydrogen) atoms. The Balaban J connectivity index is 2.26. The van der Waals surface area contributed by atoms with Crippen LogP contribution in [0.5, 0.6) is 0 Å². The Morgan fingerprint density at radius 3 is 2.85 bits per heavy atom. The van der Waals surface area contributed by atoms with E-state index in [9.17, 15) is 4.39 Å². The summed E-state index contributed by atoms with van der Waals surface area (Å²) in [6.07, 6.45) is 0.177. The lowest BCUT2D eigenvalue weighted by Gasteiger charge is -2.43. The highest BCUT2D eigenvalue weighted by Crippen LogP contribution is 2.29. The van der Waals surface area contributed by atoms with Crippen molar-refractivity contribution in [2.75, 3.05) is 24.5 Å². The van der Waals surface area contributed by atoms with E-state index in [4.69, 9.17) is 4.74 Å². The van der Waals surface area contributed by atoms with Crippen molar-refractivity contribution < 1.29 is 9.13 Å². The van der Waals surface area contributed by atoms with Gasteiger partial charge in [0.1, 0.15) is 5.82 Å². The van der Waals surface area contributed by atoms with E-state index in [-0.39, 0.29) is 17.5 Å². The molecule has 2 rings (SSSR count). The summed E-state index contributed by atoms with van der Waals surface area (Å²) in [6.45, 7) is 11.6. The monoisotopic (exact) mass is 280 g/mol. The van der Waals surface area contributed by atoms with E-state index < -0.39 is 0 Å². The zero-order valence-electron chi connectivity index (χ0n) is 12.9. The summed E-state index contributed by atoms with van der Waals surface area (Å²) >= 11 is 0. The summed E-state index contributed by atoms with van der Waals surface area (Å²) < 4.78 is 19.4. The third-order valence-electron chi connectivity index (χ3n) is 3.52. The van der Waals surface area contributed by atoms with E-state index in [0.29, 0.717) is 6.54 Å². The molecule has 0 saturated carbocycles. The van der Waals surface area contributed by atoms with Crippen LogP contribution in [0.3, 0.4) is 0 Å². The van der Waals surface area contributed by atoms with Crippen molar-refractivity contribution in [1.82, 2.24) is 5.32 Å². The number of morpholine rings is 1. The second-order valence-corrected chi connectivity index (χ2v) is 6.12. The summed E-state index contributed by atoms with van der Waals surface area (Å²) in [6, 6.07) is 5.05. The third-order valence-corrected chi connectivity index (χ3v) is 3.52. The summed E-state index contributed by atoms with van der Waals surface area (Å²) in [4.78, 5) is 2.31. The maximum Gasteiger partial charge on any atom is 0.123 e. The van der Waals surface area contributed by atoms with Crippen LogP contribution in [0.25, 0.3) is 0 Å². The minimum Gasteiger partial charge on any atom is -0.369 e. The molecule has 1 saturated heterocycles. The van der Waals surface area contributed by atoms with Gasteiger partial charge in [-0.2, -0.15) is 0 Å². The van der Waals surface area contributed by atoms with Crippen molar-refractivity contribution in [3.8, 4) is 0 Å². The Morgan fingerprint density at radius 2 is 2.20 bits per heavy atom. The molecule has 4 heteroatoms. The Bertz CT molecular complexity index is 462. The van der Waals surface area contributed by atoms with Crippen LogP contribution in [-0.4, -0.2) is 31.3 Å². The molecule has 1 aromatic carbocycles. The molecule has 1 N–H and O–H groups in total. The molecule has 1 heterocycles. The Hall–Kier alpha value is -1.13. The van der Waals surface area contributed by atoms with Gasteiger partial charge in [-0.25, -0.2) is 4.39 Å². The van der Waals surface area contributed by atoms with Gasteiger partial charge in [0.15, 0.2) is 0 Å². The van der Waals surface area contributed by atoms with Gasteiger partial charge in [-0.1, -0.05) is 6.92 Å². The Labute approximate surface area is 121 Å². The number of anilines is 1. The minimum atomic E-state index is -0.179. The van der Waals surface area contributed by atoms with E-state index in [0.717, 1.165) is 30.9 Å². The molecule has 1 aliphatic heterocycles. The van der Waals surface area contributed by atoms with Crippen LogP contribution in [0, 0.1) is 5.82 Å². The van der Waals surface area contributed by atoms with Crippen molar-refractivity contribution in [2.45, 2.75) is 45.9 Å². The predicted molar refractivity (Wildman–Crippen MR) is 80.6 cm³/mol. The van der Waals surface area contributed by atoms with Gasteiger partial charge in [0.25, 0.3) is 0 Å².